The van der Waals surface area contributed by atoms with E-state index in [0.29, 0.717) is 16.7 Å². The Kier molecular flexibility index (Phi) is 3.98. The molecule has 0 bridgehead atoms. The summed E-state index contributed by atoms with van der Waals surface area (Å²) in [7, 11) is 2.06. The maximum atomic E-state index is 12.6. The van der Waals surface area contributed by atoms with Crippen molar-refractivity contribution in [2.75, 3.05) is 0 Å². The second-order valence-corrected chi connectivity index (χ2v) is 5.99. The third-order valence-electron chi connectivity index (χ3n) is 3.74. The van der Waals surface area contributed by atoms with Crippen LogP contribution in [0.25, 0.3) is 10.9 Å². The molecule has 1 unspecified atom stereocenters. The summed E-state index contributed by atoms with van der Waals surface area (Å²) < 4.78 is 1.07. The standard InChI is InChI=1S/C15H16BN4O3/c1-8(2)16-9-3-4-10-11(7-9)18-19-20(15(10)23)12-5-6-13(21)17-14(12)22/h3-4,7-8,12H,5-6H2,1-2H3,(H,17,21,22). The number of nitrogens with zero attached hydrogens (tertiary/aromatic N) is 3. The Morgan fingerprint density at radius 2 is 2.09 bits per heavy atom. The first kappa shape index (κ1) is 15.4. The van der Waals surface area contributed by atoms with Crippen LogP contribution in [0.5, 0.6) is 0 Å². The van der Waals surface area contributed by atoms with Crippen LogP contribution in [0.15, 0.2) is 23.0 Å². The number of rotatable bonds is 3. The number of hydrogen-bond donors (Lipinski definition) is 1. The predicted molar refractivity (Wildman–Crippen MR) is 85.7 cm³/mol. The van der Waals surface area contributed by atoms with E-state index in [-0.39, 0.29) is 24.3 Å². The molecule has 8 heteroatoms. The van der Waals surface area contributed by atoms with Crippen LogP contribution in [0.1, 0.15) is 32.7 Å². The number of aromatic nitrogens is 3. The van der Waals surface area contributed by atoms with Gasteiger partial charge in [-0.25, -0.2) is 0 Å². The number of nitrogens with one attached hydrogen (secondary N) is 1. The molecule has 7 nitrogen and oxygen atoms in total. The van der Waals surface area contributed by atoms with Gasteiger partial charge >= 0.3 is 0 Å². The first-order valence-corrected chi connectivity index (χ1v) is 7.53. The molecular formula is C15H16BN4O3. The van der Waals surface area contributed by atoms with E-state index in [2.05, 4.69) is 36.8 Å². The van der Waals surface area contributed by atoms with Crippen molar-refractivity contribution in [2.45, 2.75) is 38.5 Å². The van der Waals surface area contributed by atoms with Crippen molar-refractivity contribution in [3.05, 3.63) is 28.6 Å². The second-order valence-electron chi connectivity index (χ2n) is 5.99. The van der Waals surface area contributed by atoms with Crippen molar-refractivity contribution < 1.29 is 9.59 Å². The van der Waals surface area contributed by atoms with Gasteiger partial charge in [-0.3, -0.25) is 19.7 Å². The van der Waals surface area contributed by atoms with E-state index in [9.17, 15) is 14.4 Å². The molecule has 1 saturated heterocycles. The number of imide groups is 1. The number of amides is 2. The zero-order valence-electron chi connectivity index (χ0n) is 12.9. The van der Waals surface area contributed by atoms with E-state index >= 15 is 0 Å². The summed E-state index contributed by atoms with van der Waals surface area (Å²) in [5.41, 5.74) is 1.09. The van der Waals surface area contributed by atoms with E-state index in [1.807, 2.05) is 6.07 Å². The highest BCUT2D eigenvalue weighted by Crippen LogP contribution is 2.16. The average molecular weight is 311 g/mol. The second kappa shape index (κ2) is 5.94. The minimum atomic E-state index is -0.793. The predicted octanol–water partition coefficient (Wildman–Crippen LogP) is -0.0730. The van der Waals surface area contributed by atoms with Crippen LogP contribution >= 0.6 is 0 Å². The molecular weight excluding hydrogens is 295 g/mol. The van der Waals surface area contributed by atoms with Crippen molar-refractivity contribution in [1.82, 2.24) is 20.3 Å². The number of hydrogen-bond acceptors (Lipinski definition) is 5. The maximum Gasteiger partial charge on any atom is 0.278 e. The molecule has 1 atom stereocenters. The third kappa shape index (κ3) is 3.01. The third-order valence-corrected chi connectivity index (χ3v) is 3.74. The minimum absolute atomic E-state index is 0.185. The van der Waals surface area contributed by atoms with Gasteiger partial charge in [-0.1, -0.05) is 36.4 Å². The molecule has 1 fully saturated rings. The van der Waals surface area contributed by atoms with Crippen LogP contribution in [0.2, 0.25) is 5.82 Å². The van der Waals surface area contributed by atoms with E-state index < -0.39 is 11.9 Å². The summed E-state index contributed by atoms with van der Waals surface area (Å²) in [5.74, 6) is -0.465. The van der Waals surface area contributed by atoms with Crippen molar-refractivity contribution in [2.24, 2.45) is 0 Å². The number of carbonyl (C=O) groups excluding carboxylic acids is 2. The molecule has 1 aliphatic heterocycles. The van der Waals surface area contributed by atoms with Gasteiger partial charge in [0.15, 0.2) is 7.28 Å². The van der Waals surface area contributed by atoms with Crippen molar-refractivity contribution in [3.63, 3.8) is 0 Å². The summed E-state index contributed by atoms with van der Waals surface area (Å²) in [6.45, 7) is 4.13. The van der Waals surface area contributed by atoms with E-state index in [4.69, 9.17) is 0 Å². The minimum Gasteiger partial charge on any atom is -0.295 e. The van der Waals surface area contributed by atoms with Crippen LogP contribution in [0.4, 0.5) is 0 Å². The highest BCUT2D eigenvalue weighted by atomic mass is 16.2. The summed E-state index contributed by atoms with van der Waals surface area (Å²) in [6.07, 6.45) is 0.439. The van der Waals surface area contributed by atoms with Gasteiger partial charge in [0, 0.05) is 6.42 Å². The van der Waals surface area contributed by atoms with Crippen molar-refractivity contribution in [1.29, 1.82) is 0 Å². The molecule has 1 N–H and O–H groups in total. The topological polar surface area (TPSA) is 94.0 Å². The molecule has 2 heterocycles. The Morgan fingerprint density at radius 3 is 2.78 bits per heavy atom. The Labute approximate surface area is 133 Å². The SMILES string of the molecule is CC(C)[B]c1ccc2c(=O)n(C3CCC(=O)NC3=O)nnc2c1. The molecule has 0 aliphatic carbocycles. The van der Waals surface area contributed by atoms with Crippen molar-refractivity contribution >= 4 is 35.5 Å². The summed E-state index contributed by atoms with van der Waals surface area (Å²) in [6, 6.07) is 4.56. The highest BCUT2D eigenvalue weighted by molar-refractivity contribution is 6.55. The van der Waals surface area contributed by atoms with E-state index in [1.54, 1.807) is 12.1 Å². The molecule has 23 heavy (non-hydrogen) atoms. The Morgan fingerprint density at radius 1 is 1.30 bits per heavy atom. The summed E-state index contributed by atoms with van der Waals surface area (Å²) in [4.78, 5) is 35.7. The summed E-state index contributed by atoms with van der Waals surface area (Å²) in [5, 5.41) is 10.6. The largest absolute Gasteiger partial charge is 0.295 e. The average Bonchev–Trinajstić information content (AvgIpc) is 2.48. The lowest BCUT2D eigenvalue weighted by molar-refractivity contribution is -0.136. The van der Waals surface area contributed by atoms with Gasteiger partial charge in [0.1, 0.15) is 6.04 Å². The van der Waals surface area contributed by atoms with Crippen LogP contribution in [0.3, 0.4) is 0 Å². The molecule has 0 spiro atoms. The lowest BCUT2D eigenvalue weighted by Gasteiger charge is -2.21. The summed E-state index contributed by atoms with van der Waals surface area (Å²) >= 11 is 0. The fourth-order valence-electron chi connectivity index (χ4n) is 2.68. The molecule has 2 aromatic rings. The van der Waals surface area contributed by atoms with Gasteiger partial charge in [-0.15, -0.1) is 5.10 Å². The molecule has 1 aromatic heterocycles. The van der Waals surface area contributed by atoms with E-state index in [1.165, 1.54) is 0 Å². The maximum absolute atomic E-state index is 12.6. The highest BCUT2D eigenvalue weighted by Gasteiger charge is 2.30. The van der Waals surface area contributed by atoms with Crippen LogP contribution in [0, 0.1) is 0 Å². The number of fused-ring (bicyclic) bond motifs is 1. The fraction of sp³-hybridized carbons (Fsp3) is 0.400. The first-order chi connectivity index (χ1) is 11.0. The van der Waals surface area contributed by atoms with Gasteiger partial charge in [0.2, 0.25) is 5.91 Å². The van der Waals surface area contributed by atoms with Crippen molar-refractivity contribution in [3.8, 4) is 0 Å². The quantitative estimate of drug-likeness (QED) is 0.632. The van der Waals surface area contributed by atoms with Gasteiger partial charge in [-0.05, 0) is 18.6 Å². The lowest BCUT2D eigenvalue weighted by atomic mass is 9.61. The molecule has 1 aliphatic rings. The molecule has 1 aromatic carbocycles. The Bertz CT molecular complexity index is 846. The first-order valence-electron chi connectivity index (χ1n) is 7.53. The van der Waals surface area contributed by atoms with Gasteiger partial charge < -0.3 is 0 Å². The van der Waals surface area contributed by atoms with Gasteiger partial charge in [0.25, 0.3) is 11.5 Å². The number of carbonyl (C=O) groups is 2. The van der Waals surface area contributed by atoms with Gasteiger partial charge in [0.05, 0.1) is 10.9 Å². The zero-order chi connectivity index (χ0) is 16.6. The molecule has 1 radical (unpaired) electrons. The van der Waals surface area contributed by atoms with Crippen LogP contribution in [-0.4, -0.2) is 34.1 Å². The Balaban J connectivity index is 2.01. The Hall–Kier alpha value is -2.51. The van der Waals surface area contributed by atoms with Gasteiger partial charge in [-0.2, -0.15) is 4.68 Å². The number of piperidine rings is 1. The normalized spacial score (nSPS) is 18.3. The van der Waals surface area contributed by atoms with Crippen LogP contribution in [-0.2, 0) is 9.59 Å². The lowest BCUT2D eigenvalue weighted by Crippen LogP contribution is -2.45. The smallest absolute Gasteiger partial charge is 0.278 e. The zero-order valence-corrected chi connectivity index (χ0v) is 12.9. The molecule has 2 amide bonds. The molecule has 0 saturated carbocycles. The van der Waals surface area contributed by atoms with E-state index in [0.717, 1.165) is 10.1 Å². The monoisotopic (exact) mass is 311 g/mol. The molecule has 117 valence electrons. The fourth-order valence-corrected chi connectivity index (χ4v) is 2.68. The molecule has 3 rings (SSSR count). The number of benzene rings is 1. The van der Waals surface area contributed by atoms with Crippen LogP contribution < -0.4 is 16.3 Å².